The molecule has 0 aliphatic heterocycles. The van der Waals surface area contributed by atoms with Crippen molar-refractivity contribution in [3.05, 3.63) is 12.2 Å². The molecular formula is C12H24O4. The zero-order chi connectivity index (χ0) is 12.6. The van der Waals surface area contributed by atoms with E-state index < -0.39 is 5.97 Å². The first-order valence-corrected chi connectivity index (χ1v) is 5.43. The van der Waals surface area contributed by atoms with Gasteiger partial charge in [0.15, 0.2) is 0 Å². The van der Waals surface area contributed by atoms with Gasteiger partial charge in [0, 0.05) is 34.4 Å². The van der Waals surface area contributed by atoms with E-state index in [-0.39, 0.29) is 6.10 Å². The van der Waals surface area contributed by atoms with Crippen LogP contribution in [0.4, 0.5) is 0 Å². The van der Waals surface area contributed by atoms with E-state index in [9.17, 15) is 0 Å². The van der Waals surface area contributed by atoms with Crippen molar-refractivity contribution < 1.29 is 18.9 Å². The van der Waals surface area contributed by atoms with E-state index in [4.69, 9.17) is 18.9 Å². The van der Waals surface area contributed by atoms with Gasteiger partial charge in [0.25, 0.3) is 5.97 Å². The van der Waals surface area contributed by atoms with E-state index in [2.05, 4.69) is 6.58 Å². The highest BCUT2D eigenvalue weighted by molar-refractivity contribution is 4.95. The highest BCUT2D eigenvalue weighted by atomic mass is 16.9. The zero-order valence-electron chi connectivity index (χ0n) is 11.0. The Morgan fingerprint density at radius 3 is 2.06 bits per heavy atom. The summed E-state index contributed by atoms with van der Waals surface area (Å²) in [5, 5.41) is 0. The summed E-state index contributed by atoms with van der Waals surface area (Å²) in [6.45, 7) is 8.40. The topological polar surface area (TPSA) is 36.9 Å². The predicted octanol–water partition coefficient (Wildman–Crippen LogP) is 2.34. The molecule has 96 valence electrons. The van der Waals surface area contributed by atoms with Crippen molar-refractivity contribution in [2.24, 2.45) is 0 Å². The smallest absolute Gasteiger partial charge is 0.282 e. The molecular weight excluding hydrogens is 208 g/mol. The number of hydrogen-bond donors (Lipinski definition) is 0. The molecule has 0 heterocycles. The van der Waals surface area contributed by atoms with Crippen molar-refractivity contribution in [1.82, 2.24) is 0 Å². The van der Waals surface area contributed by atoms with E-state index in [0.29, 0.717) is 13.0 Å². The molecule has 4 nitrogen and oxygen atoms in total. The molecule has 0 aromatic rings. The molecule has 0 spiro atoms. The van der Waals surface area contributed by atoms with Gasteiger partial charge in [0.1, 0.15) is 0 Å². The van der Waals surface area contributed by atoms with Gasteiger partial charge < -0.3 is 18.9 Å². The lowest BCUT2D eigenvalue weighted by molar-refractivity contribution is -0.355. The Morgan fingerprint density at radius 2 is 1.69 bits per heavy atom. The standard InChI is InChI=1S/C12H24O4/c1-10(2)11(3)16-9-7-8-12(13-4,14-5)15-6/h11H,1,7-9H2,2-6H3. The predicted molar refractivity (Wildman–Crippen MR) is 63.2 cm³/mol. The van der Waals surface area contributed by atoms with Gasteiger partial charge >= 0.3 is 0 Å². The molecule has 0 aromatic heterocycles. The molecule has 0 rings (SSSR count). The van der Waals surface area contributed by atoms with Gasteiger partial charge in [-0.1, -0.05) is 12.2 Å². The fraction of sp³-hybridized carbons (Fsp3) is 0.833. The Kier molecular flexibility index (Phi) is 7.58. The Bertz CT molecular complexity index is 191. The summed E-state index contributed by atoms with van der Waals surface area (Å²) in [5.74, 6) is -0.949. The SMILES string of the molecule is C=C(C)C(C)OCCCC(OC)(OC)OC. The second kappa shape index (κ2) is 7.79. The quantitative estimate of drug-likeness (QED) is 0.347. The third-order valence-corrected chi connectivity index (χ3v) is 2.62. The molecule has 0 radical (unpaired) electrons. The van der Waals surface area contributed by atoms with Crippen LogP contribution in [-0.2, 0) is 18.9 Å². The second-order valence-electron chi connectivity index (χ2n) is 3.76. The van der Waals surface area contributed by atoms with Crippen molar-refractivity contribution >= 4 is 0 Å². The summed E-state index contributed by atoms with van der Waals surface area (Å²) in [7, 11) is 4.68. The second-order valence-corrected chi connectivity index (χ2v) is 3.76. The van der Waals surface area contributed by atoms with Crippen molar-refractivity contribution in [2.75, 3.05) is 27.9 Å². The molecule has 1 atom stereocenters. The van der Waals surface area contributed by atoms with Crippen molar-refractivity contribution in [1.29, 1.82) is 0 Å². The summed E-state index contributed by atoms with van der Waals surface area (Å²) in [6, 6.07) is 0. The van der Waals surface area contributed by atoms with Crippen LogP contribution in [0.3, 0.4) is 0 Å². The molecule has 0 aromatic carbocycles. The summed E-state index contributed by atoms with van der Waals surface area (Å²) < 4.78 is 21.1. The molecule has 0 aliphatic rings. The molecule has 0 bridgehead atoms. The largest absolute Gasteiger partial charge is 0.374 e. The van der Waals surface area contributed by atoms with Crippen molar-refractivity contribution in [3.8, 4) is 0 Å². The summed E-state index contributed by atoms with van der Waals surface area (Å²) in [4.78, 5) is 0. The average molecular weight is 232 g/mol. The van der Waals surface area contributed by atoms with Crippen LogP contribution < -0.4 is 0 Å². The average Bonchev–Trinajstić information content (AvgIpc) is 2.30. The molecule has 4 heteroatoms. The van der Waals surface area contributed by atoms with E-state index in [1.165, 1.54) is 0 Å². The third kappa shape index (κ3) is 5.07. The molecule has 0 saturated heterocycles. The van der Waals surface area contributed by atoms with Crippen molar-refractivity contribution in [3.63, 3.8) is 0 Å². The van der Waals surface area contributed by atoms with Crippen LogP contribution in [0.5, 0.6) is 0 Å². The first-order valence-electron chi connectivity index (χ1n) is 5.43. The van der Waals surface area contributed by atoms with Crippen LogP contribution in [0.25, 0.3) is 0 Å². The fourth-order valence-electron chi connectivity index (χ4n) is 1.25. The van der Waals surface area contributed by atoms with Gasteiger partial charge in [-0.25, -0.2) is 0 Å². The molecule has 0 N–H and O–H groups in total. The Balaban J connectivity index is 3.83. The minimum atomic E-state index is -0.949. The van der Waals surface area contributed by atoms with E-state index >= 15 is 0 Å². The molecule has 1 unspecified atom stereocenters. The Hall–Kier alpha value is -0.420. The van der Waals surface area contributed by atoms with Gasteiger partial charge in [-0.3, -0.25) is 0 Å². The number of rotatable bonds is 9. The first kappa shape index (κ1) is 15.6. The van der Waals surface area contributed by atoms with Gasteiger partial charge in [-0.15, -0.1) is 0 Å². The van der Waals surface area contributed by atoms with Crippen LogP contribution in [0.2, 0.25) is 0 Å². The highest BCUT2D eigenvalue weighted by Crippen LogP contribution is 2.19. The highest BCUT2D eigenvalue weighted by Gasteiger charge is 2.28. The fourth-order valence-corrected chi connectivity index (χ4v) is 1.25. The normalized spacial score (nSPS) is 13.8. The summed E-state index contributed by atoms with van der Waals surface area (Å²) >= 11 is 0. The number of hydrogen-bond acceptors (Lipinski definition) is 4. The Labute approximate surface area is 98.5 Å². The maximum Gasteiger partial charge on any atom is 0.282 e. The summed E-state index contributed by atoms with van der Waals surface area (Å²) in [6.07, 6.45) is 1.51. The van der Waals surface area contributed by atoms with Crippen molar-refractivity contribution in [2.45, 2.75) is 38.8 Å². The minimum absolute atomic E-state index is 0.0852. The minimum Gasteiger partial charge on any atom is -0.374 e. The van der Waals surface area contributed by atoms with Gasteiger partial charge in [0.2, 0.25) is 0 Å². The Morgan fingerprint density at radius 1 is 1.19 bits per heavy atom. The zero-order valence-corrected chi connectivity index (χ0v) is 11.0. The van der Waals surface area contributed by atoms with Gasteiger partial charge in [-0.2, -0.15) is 0 Å². The lowest BCUT2D eigenvalue weighted by Crippen LogP contribution is -2.36. The lowest BCUT2D eigenvalue weighted by atomic mass is 10.2. The molecule has 16 heavy (non-hydrogen) atoms. The van der Waals surface area contributed by atoms with Gasteiger partial charge in [0.05, 0.1) is 6.10 Å². The van der Waals surface area contributed by atoms with Crippen LogP contribution in [0.1, 0.15) is 26.7 Å². The van der Waals surface area contributed by atoms with E-state index in [1.807, 2.05) is 13.8 Å². The maximum atomic E-state index is 5.57. The lowest BCUT2D eigenvalue weighted by Gasteiger charge is -2.28. The number of methoxy groups -OCH3 is 3. The summed E-state index contributed by atoms with van der Waals surface area (Å²) in [5.41, 5.74) is 1.02. The molecule has 0 aliphatic carbocycles. The van der Waals surface area contributed by atoms with E-state index in [0.717, 1.165) is 12.0 Å². The molecule has 0 amide bonds. The monoisotopic (exact) mass is 232 g/mol. The van der Waals surface area contributed by atoms with Crippen LogP contribution in [-0.4, -0.2) is 40.0 Å². The molecule has 0 fully saturated rings. The first-order chi connectivity index (χ1) is 7.51. The van der Waals surface area contributed by atoms with E-state index in [1.54, 1.807) is 21.3 Å². The molecule has 0 saturated carbocycles. The van der Waals surface area contributed by atoms with Crippen LogP contribution >= 0.6 is 0 Å². The van der Waals surface area contributed by atoms with Crippen LogP contribution in [0.15, 0.2) is 12.2 Å². The van der Waals surface area contributed by atoms with Gasteiger partial charge in [-0.05, 0) is 20.3 Å². The third-order valence-electron chi connectivity index (χ3n) is 2.62. The van der Waals surface area contributed by atoms with Crippen LogP contribution in [0, 0.1) is 0 Å². The maximum absolute atomic E-state index is 5.57. The number of ether oxygens (including phenoxy) is 4.